The minimum atomic E-state index is -3.14. The van der Waals surface area contributed by atoms with Crippen molar-refractivity contribution in [3.8, 4) is 0 Å². The van der Waals surface area contributed by atoms with Crippen molar-refractivity contribution >= 4 is 21.4 Å². The van der Waals surface area contributed by atoms with E-state index in [0.717, 1.165) is 11.3 Å². The standard InChI is InChI=1S/C11H19N3O2S/c1-9-8-10(12)4-5-11(9)13-6-7-17(15,16)14(2)3/h4-5,8,13H,6-7,12H2,1-3H3. The summed E-state index contributed by atoms with van der Waals surface area (Å²) in [5.41, 5.74) is 8.25. The molecule has 1 rings (SSSR count). The third-order valence-electron chi connectivity index (χ3n) is 2.48. The molecular weight excluding hydrogens is 238 g/mol. The molecule has 0 aliphatic rings. The molecule has 5 nitrogen and oxygen atoms in total. The van der Waals surface area contributed by atoms with Crippen LogP contribution in [0.25, 0.3) is 0 Å². The summed E-state index contributed by atoms with van der Waals surface area (Å²) in [5.74, 6) is 0.0732. The first kappa shape index (κ1) is 13.8. The lowest BCUT2D eigenvalue weighted by Crippen LogP contribution is -2.28. The molecule has 96 valence electrons. The predicted octanol–water partition coefficient (Wildman–Crippen LogP) is 0.881. The van der Waals surface area contributed by atoms with Crippen LogP contribution in [-0.2, 0) is 10.0 Å². The van der Waals surface area contributed by atoms with Crippen LogP contribution in [-0.4, -0.2) is 39.1 Å². The van der Waals surface area contributed by atoms with Crippen LogP contribution < -0.4 is 11.1 Å². The number of anilines is 2. The zero-order chi connectivity index (χ0) is 13.1. The highest BCUT2D eigenvalue weighted by atomic mass is 32.2. The van der Waals surface area contributed by atoms with Gasteiger partial charge in [0.05, 0.1) is 5.75 Å². The van der Waals surface area contributed by atoms with E-state index in [1.165, 1.54) is 18.4 Å². The molecule has 0 radical (unpaired) electrons. The van der Waals surface area contributed by atoms with Crippen molar-refractivity contribution in [2.24, 2.45) is 0 Å². The molecule has 1 aromatic carbocycles. The molecule has 0 saturated heterocycles. The van der Waals surface area contributed by atoms with Crippen molar-refractivity contribution in [1.29, 1.82) is 0 Å². The Bertz CT molecular complexity index is 483. The molecule has 17 heavy (non-hydrogen) atoms. The van der Waals surface area contributed by atoms with Gasteiger partial charge >= 0.3 is 0 Å². The van der Waals surface area contributed by atoms with E-state index >= 15 is 0 Å². The fraction of sp³-hybridized carbons (Fsp3) is 0.455. The number of nitrogens with zero attached hydrogens (tertiary/aromatic N) is 1. The summed E-state index contributed by atoms with van der Waals surface area (Å²) in [7, 11) is -0.0801. The topological polar surface area (TPSA) is 75.4 Å². The van der Waals surface area contributed by atoms with Crippen LogP contribution in [0.3, 0.4) is 0 Å². The number of nitrogen functional groups attached to an aromatic ring is 1. The van der Waals surface area contributed by atoms with Gasteiger partial charge in [0.2, 0.25) is 10.0 Å². The Morgan fingerprint density at radius 3 is 2.53 bits per heavy atom. The minimum Gasteiger partial charge on any atom is -0.399 e. The molecule has 0 atom stereocenters. The van der Waals surface area contributed by atoms with Crippen LogP contribution in [0.2, 0.25) is 0 Å². The van der Waals surface area contributed by atoms with E-state index in [-0.39, 0.29) is 5.75 Å². The number of hydrogen-bond donors (Lipinski definition) is 2. The Kier molecular flexibility index (Phi) is 4.36. The summed E-state index contributed by atoms with van der Waals surface area (Å²) in [5, 5.41) is 3.09. The molecule has 0 amide bonds. The second-order valence-electron chi connectivity index (χ2n) is 4.10. The Balaban J connectivity index is 2.58. The highest BCUT2D eigenvalue weighted by molar-refractivity contribution is 7.89. The first-order valence-electron chi connectivity index (χ1n) is 5.33. The zero-order valence-corrected chi connectivity index (χ0v) is 11.2. The van der Waals surface area contributed by atoms with Gasteiger partial charge < -0.3 is 11.1 Å². The van der Waals surface area contributed by atoms with Crippen molar-refractivity contribution in [3.05, 3.63) is 23.8 Å². The normalized spacial score (nSPS) is 11.8. The lowest BCUT2D eigenvalue weighted by atomic mass is 10.2. The van der Waals surface area contributed by atoms with E-state index in [4.69, 9.17) is 5.73 Å². The van der Waals surface area contributed by atoms with E-state index in [9.17, 15) is 8.42 Å². The molecule has 0 saturated carbocycles. The van der Waals surface area contributed by atoms with Crippen molar-refractivity contribution in [1.82, 2.24) is 4.31 Å². The van der Waals surface area contributed by atoms with Gasteiger partial charge in [0, 0.05) is 32.0 Å². The van der Waals surface area contributed by atoms with Crippen LogP contribution >= 0.6 is 0 Å². The molecular formula is C11H19N3O2S. The number of sulfonamides is 1. The molecule has 1 aromatic rings. The summed E-state index contributed by atoms with van der Waals surface area (Å²) in [6.45, 7) is 2.31. The van der Waals surface area contributed by atoms with Gasteiger partial charge in [-0.2, -0.15) is 0 Å². The molecule has 3 N–H and O–H groups in total. The third kappa shape index (κ3) is 3.90. The fourth-order valence-corrected chi connectivity index (χ4v) is 2.11. The first-order valence-corrected chi connectivity index (χ1v) is 6.94. The zero-order valence-electron chi connectivity index (χ0n) is 10.4. The van der Waals surface area contributed by atoms with Crippen molar-refractivity contribution < 1.29 is 8.42 Å². The monoisotopic (exact) mass is 257 g/mol. The smallest absolute Gasteiger partial charge is 0.215 e. The maximum atomic E-state index is 11.5. The summed E-state index contributed by atoms with van der Waals surface area (Å²) in [6, 6.07) is 5.49. The Hall–Kier alpha value is -1.27. The van der Waals surface area contributed by atoms with Crippen LogP contribution in [0.5, 0.6) is 0 Å². The number of aryl methyl sites for hydroxylation is 1. The summed E-state index contributed by atoms with van der Waals surface area (Å²) in [6.07, 6.45) is 0. The van der Waals surface area contributed by atoms with Gasteiger partial charge in [0.1, 0.15) is 0 Å². The molecule has 0 bridgehead atoms. The fourth-order valence-electron chi connectivity index (χ4n) is 1.38. The highest BCUT2D eigenvalue weighted by Crippen LogP contribution is 2.17. The maximum Gasteiger partial charge on any atom is 0.215 e. The minimum absolute atomic E-state index is 0.0732. The number of benzene rings is 1. The summed E-state index contributed by atoms with van der Waals surface area (Å²) >= 11 is 0. The summed E-state index contributed by atoms with van der Waals surface area (Å²) < 4.78 is 24.3. The Morgan fingerprint density at radius 1 is 1.35 bits per heavy atom. The van der Waals surface area contributed by atoms with Gasteiger partial charge in [-0.05, 0) is 30.7 Å². The number of hydrogen-bond acceptors (Lipinski definition) is 4. The Labute approximate surface area is 103 Å². The lowest BCUT2D eigenvalue weighted by molar-refractivity contribution is 0.521. The maximum absolute atomic E-state index is 11.5. The number of nitrogens with one attached hydrogen (secondary N) is 1. The van der Waals surface area contributed by atoms with Crippen LogP contribution in [0.15, 0.2) is 18.2 Å². The molecule has 0 unspecified atom stereocenters. The van der Waals surface area contributed by atoms with E-state index in [1.807, 2.05) is 19.1 Å². The van der Waals surface area contributed by atoms with Gasteiger partial charge in [-0.3, -0.25) is 0 Å². The average Bonchev–Trinajstić information content (AvgIpc) is 2.21. The number of nitrogens with two attached hydrogens (primary N) is 1. The van der Waals surface area contributed by atoms with Crippen molar-refractivity contribution in [2.75, 3.05) is 37.4 Å². The molecule has 0 heterocycles. The van der Waals surface area contributed by atoms with Crippen molar-refractivity contribution in [2.45, 2.75) is 6.92 Å². The third-order valence-corrected chi connectivity index (χ3v) is 4.31. The molecule has 0 aliphatic carbocycles. The van der Waals surface area contributed by atoms with Crippen molar-refractivity contribution in [3.63, 3.8) is 0 Å². The quantitative estimate of drug-likeness (QED) is 0.768. The van der Waals surface area contributed by atoms with Crippen LogP contribution in [0.1, 0.15) is 5.56 Å². The molecule has 0 aliphatic heterocycles. The molecule has 6 heteroatoms. The number of rotatable bonds is 5. The molecule has 0 aromatic heterocycles. The van der Waals surface area contributed by atoms with Gasteiger partial charge in [-0.25, -0.2) is 12.7 Å². The van der Waals surface area contributed by atoms with Gasteiger partial charge in [0.25, 0.3) is 0 Å². The van der Waals surface area contributed by atoms with Gasteiger partial charge in [0.15, 0.2) is 0 Å². The van der Waals surface area contributed by atoms with Crippen LogP contribution in [0, 0.1) is 6.92 Å². The molecule has 0 spiro atoms. The predicted molar refractivity (Wildman–Crippen MR) is 71.6 cm³/mol. The van der Waals surface area contributed by atoms with Gasteiger partial charge in [-0.1, -0.05) is 0 Å². The first-order chi connectivity index (χ1) is 7.83. The lowest BCUT2D eigenvalue weighted by Gasteiger charge is -2.13. The second kappa shape index (κ2) is 5.37. The highest BCUT2D eigenvalue weighted by Gasteiger charge is 2.12. The SMILES string of the molecule is Cc1cc(N)ccc1NCCS(=O)(=O)N(C)C. The Morgan fingerprint density at radius 2 is 2.00 bits per heavy atom. The average molecular weight is 257 g/mol. The summed E-state index contributed by atoms with van der Waals surface area (Å²) in [4.78, 5) is 0. The largest absolute Gasteiger partial charge is 0.399 e. The van der Waals surface area contributed by atoms with E-state index in [0.29, 0.717) is 12.2 Å². The molecule has 0 fully saturated rings. The van der Waals surface area contributed by atoms with E-state index < -0.39 is 10.0 Å². The van der Waals surface area contributed by atoms with E-state index in [1.54, 1.807) is 6.07 Å². The second-order valence-corrected chi connectivity index (χ2v) is 6.40. The van der Waals surface area contributed by atoms with E-state index in [2.05, 4.69) is 5.32 Å². The van der Waals surface area contributed by atoms with Crippen LogP contribution in [0.4, 0.5) is 11.4 Å². The van der Waals surface area contributed by atoms with Gasteiger partial charge in [-0.15, -0.1) is 0 Å².